The first-order valence-corrected chi connectivity index (χ1v) is 8.99. The first-order chi connectivity index (χ1) is 11.2. The van der Waals surface area contributed by atoms with E-state index in [9.17, 15) is 9.18 Å². The van der Waals surface area contributed by atoms with E-state index in [0.29, 0.717) is 12.1 Å². The van der Waals surface area contributed by atoms with Crippen LogP contribution in [-0.4, -0.2) is 36.0 Å². The third-order valence-electron chi connectivity index (χ3n) is 6.07. The molecule has 3 nitrogen and oxygen atoms in total. The number of likely N-dealkylation sites (tertiary alicyclic amines) is 1. The number of carbonyl (C=O) groups is 1. The molecule has 0 radical (unpaired) electrons. The van der Waals surface area contributed by atoms with Gasteiger partial charge in [0.1, 0.15) is 5.82 Å². The quantitative estimate of drug-likeness (QED) is 0.884. The van der Waals surface area contributed by atoms with E-state index in [0.717, 1.165) is 50.8 Å². The molecule has 0 aromatic heterocycles. The SMILES string of the molecule is Cl.O=C(N1CCC2CCC(C1)N2)C1(c2ccc(F)cc2)CCCC1. The summed E-state index contributed by atoms with van der Waals surface area (Å²) in [7, 11) is 0. The minimum atomic E-state index is -0.419. The molecule has 3 aliphatic rings. The molecule has 0 spiro atoms. The lowest BCUT2D eigenvalue weighted by atomic mass is 9.77. The van der Waals surface area contributed by atoms with Gasteiger partial charge in [-0.2, -0.15) is 0 Å². The average Bonchev–Trinajstić information content (AvgIpc) is 3.15. The van der Waals surface area contributed by atoms with E-state index < -0.39 is 5.41 Å². The number of nitrogens with zero attached hydrogens (tertiary/aromatic N) is 1. The number of hydrogen-bond acceptors (Lipinski definition) is 2. The molecule has 2 bridgehead atoms. The zero-order chi connectivity index (χ0) is 15.9. The molecule has 132 valence electrons. The molecule has 5 heteroatoms. The molecule has 2 saturated heterocycles. The Morgan fingerprint density at radius 3 is 2.46 bits per heavy atom. The topological polar surface area (TPSA) is 32.3 Å². The van der Waals surface area contributed by atoms with E-state index in [2.05, 4.69) is 10.2 Å². The smallest absolute Gasteiger partial charge is 0.233 e. The van der Waals surface area contributed by atoms with E-state index in [4.69, 9.17) is 0 Å². The number of fused-ring (bicyclic) bond motifs is 2. The van der Waals surface area contributed by atoms with Crippen LogP contribution in [0.4, 0.5) is 4.39 Å². The van der Waals surface area contributed by atoms with Gasteiger partial charge >= 0.3 is 0 Å². The molecule has 24 heavy (non-hydrogen) atoms. The zero-order valence-electron chi connectivity index (χ0n) is 14.0. The molecule has 1 N–H and O–H groups in total. The van der Waals surface area contributed by atoms with Crippen molar-refractivity contribution in [3.63, 3.8) is 0 Å². The second kappa shape index (κ2) is 7.01. The van der Waals surface area contributed by atoms with Crippen LogP contribution in [-0.2, 0) is 10.2 Å². The molecule has 1 aromatic rings. The standard InChI is InChI=1S/C19H25FN2O.ClH/c20-15-5-3-14(4-6-15)19(10-1-2-11-19)18(23)22-12-9-16-7-8-17(13-22)21-16;/h3-6,16-17,21H,1-2,7-13H2;1H. The minimum absolute atomic E-state index is 0. The number of amides is 1. The highest BCUT2D eigenvalue weighted by Crippen LogP contribution is 2.43. The minimum Gasteiger partial charge on any atom is -0.340 e. The first-order valence-electron chi connectivity index (χ1n) is 8.99. The summed E-state index contributed by atoms with van der Waals surface area (Å²) in [5.74, 6) is 0.0431. The molecule has 1 saturated carbocycles. The molecule has 2 unspecified atom stereocenters. The van der Waals surface area contributed by atoms with Crippen molar-refractivity contribution in [3.05, 3.63) is 35.6 Å². The summed E-state index contributed by atoms with van der Waals surface area (Å²) in [5.41, 5.74) is 0.584. The maximum atomic E-state index is 13.4. The van der Waals surface area contributed by atoms with Crippen LogP contribution in [0.2, 0.25) is 0 Å². The Hall–Kier alpha value is -1.13. The van der Waals surface area contributed by atoms with Gasteiger partial charge < -0.3 is 10.2 Å². The Morgan fingerprint density at radius 1 is 1.08 bits per heavy atom. The first kappa shape index (κ1) is 17.7. The molecule has 1 aliphatic carbocycles. The Bertz CT molecular complexity index is 586. The summed E-state index contributed by atoms with van der Waals surface area (Å²) >= 11 is 0. The Morgan fingerprint density at radius 2 is 1.75 bits per heavy atom. The third kappa shape index (κ3) is 3.06. The Kier molecular flexibility index (Phi) is 5.16. The second-order valence-corrected chi connectivity index (χ2v) is 7.47. The van der Waals surface area contributed by atoms with Crippen molar-refractivity contribution in [3.8, 4) is 0 Å². The molecular formula is C19H26ClFN2O. The third-order valence-corrected chi connectivity index (χ3v) is 6.07. The lowest BCUT2D eigenvalue weighted by Gasteiger charge is -2.35. The zero-order valence-corrected chi connectivity index (χ0v) is 14.8. The molecule has 4 rings (SSSR count). The highest BCUT2D eigenvalue weighted by atomic mass is 35.5. The highest BCUT2D eigenvalue weighted by Gasteiger charge is 2.46. The summed E-state index contributed by atoms with van der Waals surface area (Å²) < 4.78 is 13.3. The van der Waals surface area contributed by atoms with Gasteiger partial charge in [-0.25, -0.2) is 4.39 Å². The van der Waals surface area contributed by atoms with Gasteiger partial charge in [-0.15, -0.1) is 12.4 Å². The van der Waals surface area contributed by atoms with Gasteiger partial charge in [0.15, 0.2) is 0 Å². The van der Waals surface area contributed by atoms with E-state index in [1.54, 1.807) is 0 Å². The molecule has 1 amide bonds. The number of hydrogen-bond donors (Lipinski definition) is 1. The summed E-state index contributed by atoms with van der Waals surface area (Å²) in [4.78, 5) is 15.5. The average molecular weight is 353 g/mol. The van der Waals surface area contributed by atoms with Crippen LogP contribution >= 0.6 is 12.4 Å². The van der Waals surface area contributed by atoms with Gasteiger partial charge in [-0.3, -0.25) is 4.79 Å². The number of carbonyl (C=O) groups excluding carboxylic acids is 1. The van der Waals surface area contributed by atoms with Crippen LogP contribution in [0.25, 0.3) is 0 Å². The highest BCUT2D eigenvalue weighted by molar-refractivity contribution is 5.88. The fourth-order valence-corrected chi connectivity index (χ4v) is 4.80. The van der Waals surface area contributed by atoms with Crippen molar-refractivity contribution in [2.24, 2.45) is 0 Å². The van der Waals surface area contributed by atoms with E-state index >= 15 is 0 Å². The summed E-state index contributed by atoms with van der Waals surface area (Å²) in [6, 6.07) is 7.67. The van der Waals surface area contributed by atoms with Crippen LogP contribution < -0.4 is 5.32 Å². The largest absolute Gasteiger partial charge is 0.340 e. The van der Waals surface area contributed by atoms with Crippen molar-refractivity contribution in [2.45, 2.75) is 62.4 Å². The summed E-state index contributed by atoms with van der Waals surface area (Å²) in [5, 5.41) is 3.64. The van der Waals surface area contributed by atoms with Crippen molar-refractivity contribution in [1.82, 2.24) is 10.2 Å². The van der Waals surface area contributed by atoms with Crippen LogP contribution in [0.1, 0.15) is 50.5 Å². The second-order valence-electron chi connectivity index (χ2n) is 7.47. The van der Waals surface area contributed by atoms with Crippen molar-refractivity contribution in [1.29, 1.82) is 0 Å². The monoisotopic (exact) mass is 352 g/mol. The predicted octanol–water partition coefficient (Wildman–Crippen LogP) is 3.41. The molecule has 2 atom stereocenters. The number of benzene rings is 1. The molecule has 2 heterocycles. The fourth-order valence-electron chi connectivity index (χ4n) is 4.80. The summed E-state index contributed by atoms with van der Waals surface area (Å²) in [6.07, 6.45) is 7.45. The number of nitrogens with one attached hydrogen (secondary N) is 1. The van der Waals surface area contributed by atoms with Gasteiger partial charge in [0.05, 0.1) is 5.41 Å². The van der Waals surface area contributed by atoms with E-state index in [1.807, 2.05) is 12.1 Å². The van der Waals surface area contributed by atoms with E-state index in [1.165, 1.54) is 25.0 Å². The predicted molar refractivity (Wildman–Crippen MR) is 94.9 cm³/mol. The van der Waals surface area contributed by atoms with Gasteiger partial charge in [0.25, 0.3) is 0 Å². The lowest BCUT2D eigenvalue weighted by Crippen LogP contribution is -2.48. The van der Waals surface area contributed by atoms with Crippen LogP contribution in [0.15, 0.2) is 24.3 Å². The van der Waals surface area contributed by atoms with Gasteiger partial charge in [0.2, 0.25) is 5.91 Å². The molecule has 1 aromatic carbocycles. The maximum absolute atomic E-state index is 13.4. The molecular weight excluding hydrogens is 327 g/mol. The number of rotatable bonds is 2. The van der Waals surface area contributed by atoms with Crippen LogP contribution in [0.3, 0.4) is 0 Å². The van der Waals surface area contributed by atoms with Crippen molar-refractivity contribution >= 4 is 18.3 Å². The van der Waals surface area contributed by atoms with Gasteiger partial charge in [0, 0.05) is 25.2 Å². The molecule has 3 fully saturated rings. The summed E-state index contributed by atoms with van der Waals surface area (Å²) in [6.45, 7) is 1.69. The fraction of sp³-hybridized carbons (Fsp3) is 0.632. The van der Waals surface area contributed by atoms with Crippen LogP contribution in [0, 0.1) is 5.82 Å². The lowest BCUT2D eigenvalue weighted by molar-refractivity contribution is -0.137. The Balaban J connectivity index is 0.00000169. The number of halogens is 2. The van der Waals surface area contributed by atoms with Gasteiger partial charge in [-0.1, -0.05) is 25.0 Å². The maximum Gasteiger partial charge on any atom is 0.233 e. The molecule has 2 aliphatic heterocycles. The van der Waals surface area contributed by atoms with Crippen molar-refractivity contribution < 1.29 is 9.18 Å². The van der Waals surface area contributed by atoms with E-state index in [-0.39, 0.29) is 24.1 Å². The van der Waals surface area contributed by atoms with Crippen LogP contribution in [0.5, 0.6) is 0 Å². The normalized spacial score (nSPS) is 28.3. The van der Waals surface area contributed by atoms with Crippen molar-refractivity contribution in [2.75, 3.05) is 13.1 Å². The Labute approximate surface area is 149 Å². The van der Waals surface area contributed by atoms with Gasteiger partial charge in [-0.05, 0) is 49.8 Å².